The van der Waals surface area contributed by atoms with Crippen LogP contribution >= 0.6 is 0 Å². The third kappa shape index (κ3) is 3.76. The summed E-state index contributed by atoms with van der Waals surface area (Å²) in [5.41, 5.74) is 1.31. The lowest BCUT2D eigenvalue weighted by molar-refractivity contribution is -0.130. The van der Waals surface area contributed by atoms with E-state index in [1.165, 1.54) is 0 Å². The van der Waals surface area contributed by atoms with Crippen LogP contribution in [-0.2, 0) is 4.79 Å². The maximum Gasteiger partial charge on any atom is 0.272 e. The normalized spacial score (nSPS) is 14.3. The second kappa shape index (κ2) is 7.29. The van der Waals surface area contributed by atoms with E-state index in [9.17, 15) is 9.59 Å². The van der Waals surface area contributed by atoms with Gasteiger partial charge in [-0.25, -0.2) is 9.97 Å². The first-order valence-electron chi connectivity index (χ1n) is 8.23. The van der Waals surface area contributed by atoms with Gasteiger partial charge in [-0.1, -0.05) is 18.2 Å². The molecule has 1 fully saturated rings. The molecule has 1 saturated heterocycles. The summed E-state index contributed by atoms with van der Waals surface area (Å²) in [6.45, 7) is 3.71. The van der Waals surface area contributed by atoms with Gasteiger partial charge in [-0.05, 0) is 18.2 Å². The van der Waals surface area contributed by atoms with Gasteiger partial charge in [0.25, 0.3) is 5.91 Å². The number of carbonyl (C=O) groups is 2. The largest absolute Gasteiger partial charge is 0.339 e. The quantitative estimate of drug-likeness (QED) is 0.848. The van der Waals surface area contributed by atoms with Crippen molar-refractivity contribution in [3.63, 3.8) is 0 Å². The van der Waals surface area contributed by atoms with Gasteiger partial charge < -0.3 is 14.7 Å². The standard InChI is InChI=1S/C18H21N5O2/c1-14(24)22-10-12-23(13-11-22)17(25)16-8-9-19-18(20-16)21(2)15-6-4-3-5-7-15/h3-9H,10-13H2,1-2H3. The minimum absolute atomic E-state index is 0.0425. The molecular weight excluding hydrogens is 318 g/mol. The molecule has 25 heavy (non-hydrogen) atoms. The molecule has 0 aliphatic carbocycles. The monoisotopic (exact) mass is 339 g/mol. The molecule has 130 valence electrons. The SMILES string of the molecule is CC(=O)N1CCN(C(=O)c2ccnc(N(C)c3ccccc3)n2)CC1. The predicted octanol–water partition coefficient (Wildman–Crippen LogP) is 1.55. The van der Waals surface area contributed by atoms with Crippen LogP contribution in [0.25, 0.3) is 0 Å². The van der Waals surface area contributed by atoms with E-state index in [0.717, 1.165) is 5.69 Å². The third-order valence-electron chi connectivity index (χ3n) is 4.32. The number of hydrogen-bond donors (Lipinski definition) is 0. The van der Waals surface area contributed by atoms with Crippen LogP contribution in [0, 0.1) is 0 Å². The first-order chi connectivity index (χ1) is 12.1. The van der Waals surface area contributed by atoms with E-state index >= 15 is 0 Å². The average molecular weight is 339 g/mol. The van der Waals surface area contributed by atoms with Gasteiger partial charge in [0.15, 0.2) is 0 Å². The van der Waals surface area contributed by atoms with E-state index in [0.29, 0.717) is 37.8 Å². The molecule has 2 heterocycles. The minimum atomic E-state index is -0.131. The summed E-state index contributed by atoms with van der Waals surface area (Å²) in [5.74, 6) is 0.383. The lowest BCUT2D eigenvalue weighted by Crippen LogP contribution is -2.50. The van der Waals surface area contributed by atoms with E-state index in [4.69, 9.17) is 0 Å². The molecule has 2 amide bonds. The maximum atomic E-state index is 12.7. The van der Waals surface area contributed by atoms with Crippen LogP contribution in [-0.4, -0.2) is 64.8 Å². The van der Waals surface area contributed by atoms with Gasteiger partial charge >= 0.3 is 0 Å². The summed E-state index contributed by atoms with van der Waals surface area (Å²) in [4.78, 5) is 38.1. The predicted molar refractivity (Wildman–Crippen MR) is 94.7 cm³/mol. The lowest BCUT2D eigenvalue weighted by Gasteiger charge is -2.34. The number of benzene rings is 1. The number of piperazine rings is 1. The molecular formula is C18H21N5O2. The summed E-state index contributed by atoms with van der Waals surface area (Å²) in [6, 6.07) is 11.4. The van der Waals surface area contributed by atoms with Crippen molar-refractivity contribution < 1.29 is 9.59 Å². The highest BCUT2D eigenvalue weighted by atomic mass is 16.2. The molecule has 7 nitrogen and oxygen atoms in total. The van der Waals surface area contributed by atoms with E-state index in [1.807, 2.05) is 42.3 Å². The Kier molecular flexibility index (Phi) is 4.92. The maximum absolute atomic E-state index is 12.7. The average Bonchev–Trinajstić information content (AvgIpc) is 2.67. The molecule has 0 N–H and O–H groups in total. The van der Waals surface area contributed by atoms with Crippen LogP contribution in [0.4, 0.5) is 11.6 Å². The van der Waals surface area contributed by atoms with Gasteiger partial charge in [0.2, 0.25) is 11.9 Å². The Morgan fingerprint density at radius 2 is 1.64 bits per heavy atom. The van der Waals surface area contributed by atoms with Gasteiger partial charge in [-0.3, -0.25) is 9.59 Å². The fraction of sp³-hybridized carbons (Fsp3) is 0.333. The summed E-state index contributed by atoms with van der Waals surface area (Å²) < 4.78 is 0. The number of hydrogen-bond acceptors (Lipinski definition) is 5. The Morgan fingerprint density at radius 3 is 2.28 bits per heavy atom. The Bertz CT molecular complexity index is 757. The second-order valence-corrected chi connectivity index (χ2v) is 5.93. The van der Waals surface area contributed by atoms with Gasteiger partial charge in [0.1, 0.15) is 5.69 Å². The highest BCUT2D eigenvalue weighted by molar-refractivity contribution is 5.92. The molecule has 0 bridgehead atoms. The number of carbonyl (C=O) groups excluding carboxylic acids is 2. The topological polar surface area (TPSA) is 69.6 Å². The van der Waals surface area contributed by atoms with E-state index < -0.39 is 0 Å². The van der Waals surface area contributed by atoms with Crippen molar-refractivity contribution in [3.05, 3.63) is 48.3 Å². The van der Waals surface area contributed by atoms with Crippen molar-refractivity contribution in [1.29, 1.82) is 0 Å². The summed E-state index contributed by atoms with van der Waals surface area (Å²) >= 11 is 0. The lowest BCUT2D eigenvalue weighted by atomic mass is 10.2. The first-order valence-corrected chi connectivity index (χ1v) is 8.23. The number of rotatable bonds is 3. The molecule has 0 radical (unpaired) electrons. The summed E-state index contributed by atoms with van der Waals surface area (Å²) in [6.07, 6.45) is 1.60. The van der Waals surface area contributed by atoms with E-state index in [1.54, 1.807) is 29.0 Å². The van der Waals surface area contributed by atoms with E-state index in [2.05, 4.69) is 9.97 Å². The van der Waals surface area contributed by atoms with Crippen molar-refractivity contribution in [2.24, 2.45) is 0 Å². The first kappa shape index (κ1) is 16.9. The molecule has 1 aliphatic heterocycles. The van der Waals surface area contributed by atoms with Crippen LogP contribution in [0.2, 0.25) is 0 Å². The van der Waals surface area contributed by atoms with Crippen molar-refractivity contribution in [2.45, 2.75) is 6.92 Å². The van der Waals surface area contributed by atoms with E-state index in [-0.39, 0.29) is 11.8 Å². The van der Waals surface area contributed by atoms with Crippen LogP contribution in [0.5, 0.6) is 0 Å². The molecule has 1 aliphatic rings. The molecule has 7 heteroatoms. The summed E-state index contributed by atoms with van der Waals surface area (Å²) in [7, 11) is 1.87. The van der Waals surface area contributed by atoms with Crippen LogP contribution in [0.15, 0.2) is 42.6 Å². The number of amides is 2. The van der Waals surface area contributed by atoms with Crippen molar-refractivity contribution in [1.82, 2.24) is 19.8 Å². The molecule has 1 aromatic heterocycles. The fourth-order valence-electron chi connectivity index (χ4n) is 2.78. The second-order valence-electron chi connectivity index (χ2n) is 5.93. The zero-order valence-corrected chi connectivity index (χ0v) is 14.4. The van der Waals surface area contributed by atoms with Crippen molar-refractivity contribution in [2.75, 3.05) is 38.1 Å². The number of nitrogens with zero attached hydrogens (tertiary/aromatic N) is 5. The van der Waals surface area contributed by atoms with Crippen LogP contribution in [0.1, 0.15) is 17.4 Å². The van der Waals surface area contributed by atoms with Gasteiger partial charge in [0.05, 0.1) is 0 Å². The zero-order chi connectivity index (χ0) is 17.8. The molecule has 0 spiro atoms. The third-order valence-corrected chi connectivity index (χ3v) is 4.32. The Hall–Kier alpha value is -2.96. The molecule has 0 unspecified atom stereocenters. The number of para-hydroxylation sites is 1. The highest BCUT2D eigenvalue weighted by Gasteiger charge is 2.24. The Balaban J connectivity index is 1.73. The molecule has 0 atom stereocenters. The molecule has 0 saturated carbocycles. The molecule has 1 aromatic carbocycles. The van der Waals surface area contributed by atoms with Crippen molar-refractivity contribution >= 4 is 23.5 Å². The van der Waals surface area contributed by atoms with Gasteiger partial charge in [-0.15, -0.1) is 0 Å². The van der Waals surface area contributed by atoms with Crippen molar-refractivity contribution in [3.8, 4) is 0 Å². The fourth-order valence-corrected chi connectivity index (χ4v) is 2.78. The minimum Gasteiger partial charge on any atom is -0.339 e. The van der Waals surface area contributed by atoms with Gasteiger partial charge in [0, 0.05) is 52.0 Å². The smallest absolute Gasteiger partial charge is 0.272 e. The molecule has 2 aromatic rings. The summed E-state index contributed by atoms with van der Waals surface area (Å²) in [5, 5.41) is 0. The molecule has 3 rings (SSSR count). The Morgan fingerprint density at radius 1 is 1.00 bits per heavy atom. The van der Waals surface area contributed by atoms with Crippen LogP contribution < -0.4 is 4.90 Å². The van der Waals surface area contributed by atoms with Gasteiger partial charge in [-0.2, -0.15) is 0 Å². The highest BCUT2D eigenvalue weighted by Crippen LogP contribution is 2.19. The Labute approximate surface area is 146 Å². The number of anilines is 2. The number of aromatic nitrogens is 2. The zero-order valence-electron chi connectivity index (χ0n) is 14.4. The van der Waals surface area contributed by atoms with Crippen LogP contribution in [0.3, 0.4) is 0 Å².